The lowest BCUT2D eigenvalue weighted by Gasteiger charge is -2.17. The molecule has 0 radical (unpaired) electrons. The van der Waals surface area contributed by atoms with Gasteiger partial charge in [-0.25, -0.2) is 24.9 Å². The van der Waals surface area contributed by atoms with Crippen molar-refractivity contribution in [3.63, 3.8) is 0 Å². The van der Waals surface area contributed by atoms with Gasteiger partial charge >= 0.3 is 0 Å². The van der Waals surface area contributed by atoms with Crippen molar-refractivity contribution in [3.05, 3.63) is 218 Å². The molecule has 0 saturated carbocycles. The molecule has 0 amide bonds. The first-order valence-corrected chi connectivity index (χ1v) is 21.3. The standard InChI is InChI=1S/C57H37N5O/c1-3-13-36(14-4-1)37-27-29-39(30-28-37)56-60-55(38-15-5-2-6-16-38)61-57(62-56)45-22-11-20-43(33-45)41-18-9-17-40(31-41)42-19-10-21-44(32-42)46-24-12-25-49-54(46)59-50-34-48-47-23-7-8-26-52(47)63-53(48)35-51(50)58-49/h1-29,31-35,39H,30H2. The van der Waals surface area contributed by atoms with E-state index in [9.17, 15) is 0 Å². The van der Waals surface area contributed by atoms with Gasteiger partial charge in [0.25, 0.3) is 0 Å². The van der Waals surface area contributed by atoms with Crippen LogP contribution in [0.3, 0.4) is 0 Å². The van der Waals surface area contributed by atoms with Crippen LogP contribution in [0.4, 0.5) is 0 Å². The van der Waals surface area contributed by atoms with Crippen LogP contribution in [0.15, 0.2) is 211 Å². The fourth-order valence-electron chi connectivity index (χ4n) is 8.79. The summed E-state index contributed by atoms with van der Waals surface area (Å²) in [6.45, 7) is 0. The zero-order valence-corrected chi connectivity index (χ0v) is 34.1. The van der Waals surface area contributed by atoms with Crippen LogP contribution in [0.5, 0.6) is 0 Å². The van der Waals surface area contributed by atoms with Crippen LogP contribution in [0.2, 0.25) is 0 Å². The maximum absolute atomic E-state index is 6.16. The maximum atomic E-state index is 6.16. The number of benzene rings is 8. The number of hydrogen-bond acceptors (Lipinski definition) is 6. The second kappa shape index (κ2) is 15.3. The zero-order chi connectivity index (χ0) is 41.7. The Morgan fingerprint density at radius 1 is 0.397 bits per heavy atom. The molecular weight excluding hydrogens is 771 g/mol. The van der Waals surface area contributed by atoms with Crippen molar-refractivity contribution in [1.82, 2.24) is 24.9 Å². The van der Waals surface area contributed by atoms with E-state index in [1.54, 1.807) is 0 Å². The molecule has 0 saturated heterocycles. The molecular formula is C57H37N5O. The monoisotopic (exact) mass is 807 g/mol. The summed E-state index contributed by atoms with van der Waals surface area (Å²) in [5.74, 6) is 2.12. The van der Waals surface area contributed by atoms with Crippen molar-refractivity contribution in [2.75, 3.05) is 0 Å². The van der Waals surface area contributed by atoms with E-state index in [0.717, 1.165) is 101 Å². The second-order valence-electron chi connectivity index (χ2n) is 16.0. The third kappa shape index (κ3) is 6.84. The number of rotatable bonds is 7. The van der Waals surface area contributed by atoms with Crippen LogP contribution >= 0.6 is 0 Å². The summed E-state index contributed by atoms with van der Waals surface area (Å²) in [5, 5.41) is 2.12. The Morgan fingerprint density at radius 3 is 1.71 bits per heavy atom. The molecule has 8 aromatic carbocycles. The number of hydrogen-bond donors (Lipinski definition) is 0. The highest BCUT2D eigenvalue weighted by molar-refractivity contribution is 6.10. The largest absolute Gasteiger partial charge is 0.456 e. The van der Waals surface area contributed by atoms with Crippen LogP contribution in [0, 0.1) is 0 Å². The van der Waals surface area contributed by atoms with Crippen LogP contribution in [-0.4, -0.2) is 24.9 Å². The Hall–Kier alpha value is -8.35. The first-order chi connectivity index (χ1) is 31.2. The molecule has 1 atom stereocenters. The minimum absolute atomic E-state index is 0.0338. The number of aromatic nitrogens is 5. The molecule has 0 bridgehead atoms. The molecule has 3 heterocycles. The van der Waals surface area contributed by atoms with Gasteiger partial charge in [-0.2, -0.15) is 0 Å². The van der Waals surface area contributed by atoms with Gasteiger partial charge < -0.3 is 4.42 Å². The first kappa shape index (κ1) is 36.5. The van der Waals surface area contributed by atoms with Crippen LogP contribution < -0.4 is 0 Å². The number of nitrogens with zero attached hydrogens (tertiary/aromatic N) is 5. The Kier molecular flexibility index (Phi) is 8.85. The normalized spacial score (nSPS) is 13.8. The van der Waals surface area contributed by atoms with Crippen molar-refractivity contribution < 1.29 is 4.42 Å². The highest BCUT2D eigenvalue weighted by Gasteiger charge is 2.20. The molecule has 1 aliphatic rings. The van der Waals surface area contributed by atoms with Crippen molar-refractivity contribution >= 4 is 49.6 Å². The Balaban J connectivity index is 0.878. The van der Waals surface area contributed by atoms with Crippen molar-refractivity contribution in [1.29, 1.82) is 0 Å². The van der Waals surface area contributed by atoms with E-state index in [1.807, 2.05) is 54.6 Å². The van der Waals surface area contributed by atoms with E-state index in [4.69, 9.17) is 29.3 Å². The Labute approximate surface area is 363 Å². The van der Waals surface area contributed by atoms with E-state index in [1.165, 1.54) is 11.1 Å². The van der Waals surface area contributed by atoms with Crippen LogP contribution in [-0.2, 0) is 0 Å². The molecule has 0 fully saturated rings. The predicted molar refractivity (Wildman–Crippen MR) is 256 cm³/mol. The average Bonchev–Trinajstić information content (AvgIpc) is 3.72. The Bertz CT molecular complexity index is 3610. The molecule has 12 rings (SSSR count). The summed E-state index contributed by atoms with van der Waals surface area (Å²) in [5.41, 5.74) is 15.9. The first-order valence-electron chi connectivity index (χ1n) is 21.3. The molecule has 6 nitrogen and oxygen atoms in total. The van der Waals surface area contributed by atoms with Crippen molar-refractivity contribution in [2.45, 2.75) is 12.3 Å². The van der Waals surface area contributed by atoms with Crippen LogP contribution in [0.1, 0.15) is 23.7 Å². The average molecular weight is 808 g/mol. The highest BCUT2D eigenvalue weighted by Crippen LogP contribution is 2.37. The number of fused-ring (bicyclic) bond motifs is 5. The lowest BCUT2D eigenvalue weighted by molar-refractivity contribution is 0.669. The maximum Gasteiger partial charge on any atom is 0.163 e. The molecule has 1 unspecified atom stereocenters. The van der Waals surface area contributed by atoms with Crippen molar-refractivity contribution in [2.24, 2.45) is 0 Å². The minimum Gasteiger partial charge on any atom is -0.456 e. The fraction of sp³-hybridized carbons (Fsp3) is 0.0351. The summed E-state index contributed by atoms with van der Waals surface area (Å²) in [7, 11) is 0. The van der Waals surface area contributed by atoms with E-state index in [-0.39, 0.29) is 5.92 Å². The number of para-hydroxylation sites is 2. The molecule has 63 heavy (non-hydrogen) atoms. The van der Waals surface area contributed by atoms with Gasteiger partial charge in [-0.3, -0.25) is 0 Å². The lowest BCUT2D eigenvalue weighted by Crippen LogP contribution is -2.08. The topological polar surface area (TPSA) is 77.6 Å². The minimum atomic E-state index is 0.0338. The number of furan rings is 1. The van der Waals surface area contributed by atoms with E-state index in [2.05, 4.69) is 152 Å². The molecule has 1 aliphatic carbocycles. The smallest absolute Gasteiger partial charge is 0.163 e. The second-order valence-corrected chi connectivity index (χ2v) is 16.0. The summed E-state index contributed by atoms with van der Waals surface area (Å²) in [6.07, 6.45) is 7.51. The van der Waals surface area contributed by atoms with E-state index in [0.29, 0.717) is 11.6 Å². The van der Waals surface area contributed by atoms with Gasteiger partial charge in [-0.15, -0.1) is 0 Å². The summed E-state index contributed by atoms with van der Waals surface area (Å²) in [6, 6.07) is 65.0. The molecule has 0 aliphatic heterocycles. The molecule has 0 spiro atoms. The van der Waals surface area contributed by atoms with Gasteiger partial charge in [-0.1, -0.05) is 164 Å². The number of allylic oxidation sites excluding steroid dienone is 4. The molecule has 11 aromatic rings. The van der Waals surface area contributed by atoms with Gasteiger partial charge in [0.15, 0.2) is 11.6 Å². The van der Waals surface area contributed by atoms with Crippen LogP contribution in [0.25, 0.3) is 106 Å². The van der Waals surface area contributed by atoms with E-state index >= 15 is 0 Å². The van der Waals surface area contributed by atoms with Gasteiger partial charge in [0, 0.05) is 39.4 Å². The summed E-state index contributed by atoms with van der Waals surface area (Å²) >= 11 is 0. The van der Waals surface area contributed by atoms with Gasteiger partial charge in [-0.05, 0) is 81.8 Å². The van der Waals surface area contributed by atoms with Gasteiger partial charge in [0.05, 0.1) is 22.1 Å². The highest BCUT2D eigenvalue weighted by atomic mass is 16.3. The SMILES string of the molecule is C1=CC(c2nc(-c3ccccc3)nc(-c3cccc(-c4cccc(-c5cccc(-c6cccc7nc8cc9oc%10ccccc%10c9cc8nc67)c5)c4)c3)n2)CC=C1c1ccccc1. The third-order valence-corrected chi connectivity index (χ3v) is 12.0. The Morgan fingerprint density at radius 2 is 0.984 bits per heavy atom. The third-order valence-electron chi connectivity index (χ3n) is 12.0. The van der Waals surface area contributed by atoms with E-state index < -0.39 is 0 Å². The van der Waals surface area contributed by atoms with Gasteiger partial charge in [0.2, 0.25) is 0 Å². The zero-order valence-electron chi connectivity index (χ0n) is 34.1. The van der Waals surface area contributed by atoms with Gasteiger partial charge in [0.1, 0.15) is 17.0 Å². The molecule has 0 N–H and O–H groups in total. The predicted octanol–water partition coefficient (Wildman–Crippen LogP) is 14.3. The quantitative estimate of drug-likeness (QED) is 0.149. The fourth-order valence-corrected chi connectivity index (χ4v) is 8.79. The molecule has 6 heteroatoms. The molecule has 3 aromatic heterocycles. The summed E-state index contributed by atoms with van der Waals surface area (Å²) < 4.78 is 6.16. The summed E-state index contributed by atoms with van der Waals surface area (Å²) in [4.78, 5) is 25.5. The molecule has 296 valence electrons. The lowest BCUT2D eigenvalue weighted by atomic mass is 9.92. The van der Waals surface area contributed by atoms with Crippen molar-refractivity contribution in [3.8, 4) is 56.2 Å².